The van der Waals surface area contributed by atoms with Crippen LogP contribution in [0.5, 0.6) is 11.5 Å². The summed E-state index contributed by atoms with van der Waals surface area (Å²) < 4.78 is 12.1. The molecule has 0 spiro atoms. The third-order valence-corrected chi connectivity index (χ3v) is 3.94. The lowest BCUT2D eigenvalue weighted by Gasteiger charge is -2.09. The van der Waals surface area contributed by atoms with Crippen molar-refractivity contribution in [2.75, 3.05) is 18.5 Å². The average molecular weight is 327 g/mol. The number of fused-ring (bicyclic) bond motifs is 1. The van der Waals surface area contributed by atoms with Crippen molar-refractivity contribution < 1.29 is 9.47 Å². The number of anilines is 2. The summed E-state index contributed by atoms with van der Waals surface area (Å²) in [5.41, 5.74) is 0.945. The zero-order valence-electron chi connectivity index (χ0n) is 9.48. The van der Waals surface area contributed by atoms with E-state index in [2.05, 4.69) is 26.2 Å². The summed E-state index contributed by atoms with van der Waals surface area (Å²) >= 11 is 4.88. The molecule has 0 radical (unpaired) electrons. The summed E-state index contributed by atoms with van der Waals surface area (Å²) in [6.07, 6.45) is 0.914. The van der Waals surface area contributed by atoms with Gasteiger partial charge in [0.1, 0.15) is 4.60 Å². The molecule has 1 aromatic heterocycles. The molecule has 2 aromatic rings. The first-order chi connectivity index (χ1) is 8.81. The van der Waals surface area contributed by atoms with E-state index < -0.39 is 0 Å². The number of rotatable bonds is 2. The van der Waals surface area contributed by atoms with Crippen molar-refractivity contribution in [3.05, 3.63) is 28.2 Å². The molecular formula is C12H11BrN2O2S. The minimum atomic E-state index is 0.694. The quantitative estimate of drug-likeness (QED) is 0.911. The van der Waals surface area contributed by atoms with Gasteiger partial charge in [-0.1, -0.05) is 0 Å². The van der Waals surface area contributed by atoms with Crippen molar-refractivity contribution >= 4 is 38.1 Å². The molecule has 0 aliphatic carbocycles. The minimum Gasteiger partial charge on any atom is -0.490 e. The van der Waals surface area contributed by atoms with Crippen LogP contribution >= 0.6 is 27.3 Å². The van der Waals surface area contributed by atoms with Gasteiger partial charge in [0.25, 0.3) is 0 Å². The van der Waals surface area contributed by atoms with E-state index in [-0.39, 0.29) is 0 Å². The number of hydrogen-bond acceptors (Lipinski definition) is 5. The fourth-order valence-corrected chi connectivity index (χ4v) is 2.84. The van der Waals surface area contributed by atoms with Crippen LogP contribution in [0.15, 0.2) is 28.2 Å². The lowest BCUT2D eigenvalue weighted by molar-refractivity contribution is 0.297. The Labute approximate surface area is 117 Å². The molecule has 0 unspecified atom stereocenters. The first-order valence-electron chi connectivity index (χ1n) is 5.59. The molecule has 1 aromatic carbocycles. The molecule has 1 aliphatic rings. The van der Waals surface area contributed by atoms with E-state index in [1.54, 1.807) is 11.3 Å². The Morgan fingerprint density at radius 2 is 2.06 bits per heavy atom. The first kappa shape index (κ1) is 11.8. The number of thiazole rings is 1. The van der Waals surface area contributed by atoms with Gasteiger partial charge in [0.15, 0.2) is 16.6 Å². The molecule has 94 valence electrons. The summed E-state index contributed by atoms with van der Waals surface area (Å²) in [7, 11) is 0. The van der Waals surface area contributed by atoms with E-state index in [1.807, 2.05) is 23.6 Å². The number of nitrogens with zero attached hydrogens (tertiary/aromatic N) is 1. The predicted octanol–water partition coefficient (Wildman–Crippen LogP) is 3.81. The fourth-order valence-electron chi connectivity index (χ4n) is 1.68. The van der Waals surface area contributed by atoms with Crippen LogP contribution in [0.2, 0.25) is 0 Å². The predicted molar refractivity (Wildman–Crippen MR) is 75.1 cm³/mol. The summed E-state index contributed by atoms with van der Waals surface area (Å²) in [5.74, 6) is 1.59. The molecule has 4 nitrogen and oxygen atoms in total. The molecular weight excluding hydrogens is 316 g/mol. The summed E-state index contributed by atoms with van der Waals surface area (Å²) in [6, 6.07) is 5.82. The third-order valence-electron chi connectivity index (χ3n) is 2.47. The van der Waals surface area contributed by atoms with Crippen molar-refractivity contribution in [2.24, 2.45) is 0 Å². The molecule has 0 saturated heterocycles. The Morgan fingerprint density at radius 1 is 1.22 bits per heavy atom. The van der Waals surface area contributed by atoms with Crippen molar-refractivity contribution in [1.82, 2.24) is 4.98 Å². The molecule has 0 atom stereocenters. The third kappa shape index (κ3) is 2.59. The van der Waals surface area contributed by atoms with Gasteiger partial charge in [0.2, 0.25) is 0 Å². The normalized spacial score (nSPS) is 14.1. The van der Waals surface area contributed by atoms with Crippen LogP contribution in [0.4, 0.5) is 10.8 Å². The summed E-state index contributed by atoms with van der Waals surface area (Å²) in [4.78, 5) is 4.29. The number of nitrogens with one attached hydrogen (secondary N) is 1. The number of halogens is 1. The van der Waals surface area contributed by atoms with Gasteiger partial charge in [-0.3, -0.25) is 0 Å². The molecule has 0 fully saturated rings. The van der Waals surface area contributed by atoms with Crippen LogP contribution in [-0.2, 0) is 0 Å². The maximum absolute atomic E-state index is 5.64. The Balaban J connectivity index is 1.83. The van der Waals surface area contributed by atoms with Crippen molar-refractivity contribution in [3.63, 3.8) is 0 Å². The number of benzene rings is 1. The Morgan fingerprint density at radius 3 is 2.83 bits per heavy atom. The molecule has 0 bridgehead atoms. The van der Waals surface area contributed by atoms with E-state index in [9.17, 15) is 0 Å². The average Bonchev–Trinajstić information content (AvgIpc) is 2.64. The molecule has 0 amide bonds. The standard InChI is InChI=1S/C12H11BrN2O2S/c13-11-7-18-12(15-11)14-8-2-3-9-10(6-8)17-5-1-4-16-9/h2-3,6-7H,1,4-5H2,(H,14,15). The zero-order valence-corrected chi connectivity index (χ0v) is 11.9. The van der Waals surface area contributed by atoms with E-state index in [4.69, 9.17) is 9.47 Å². The number of hydrogen-bond donors (Lipinski definition) is 1. The Kier molecular flexibility index (Phi) is 3.38. The van der Waals surface area contributed by atoms with Crippen molar-refractivity contribution in [1.29, 1.82) is 0 Å². The van der Waals surface area contributed by atoms with E-state index in [1.165, 1.54) is 0 Å². The lowest BCUT2D eigenvalue weighted by atomic mass is 10.3. The second kappa shape index (κ2) is 5.16. The van der Waals surface area contributed by atoms with Gasteiger partial charge in [-0.2, -0.15) is 0 Å². The Bertz CT molecular complexity index is 559. The molecule has 18 heavy (non-hydrogen) atoms. The van der Waals surface area contributed by atoms with Gasteiger partial charge in [-0.05, 0) is 28.1 Å². The number of ether oxygens (including phenoxy) is 2. The van der Waals surface area contributed by atoms with Gasteiger partial charge in [-0.25, -0.2) is 4.98 Å². The molecule has 1 aliphatic heterocycles. The highest BCUT2D eigenvalue weighted by molar-refractivity contribution is 9.10. The highest BCUT2D eigenvalue weighted by Crippen LogP contribution is 2.33. The summed E-state index contributed by atoms with van der Waals surface area (Å²) in [5, 5.41) is 6.02. The maximum atomic E-state index is 5.64. The van der Waals surface area contributed by atoms with Gasteiger partial charge >= 0.3 is 0 Å². The second-order valence-corrected chi connectivity index (χ2v) is 5.48. The molecule has 3 rings (SSSR count). The monoisotopic (exact) mass is 326 g/mol. The van der Waals surface area contributed by atoms with E-state index in [0.717, 1.165) is 33.3 Å². The summed E-state index contributed by atoms with van der Waals surface area (Å²) in [6.45, 7) is 1.40. The van der Waals surface area contributed by atoms with Crippen LogP contribution in [0.25, 0.3) is 0 Å². The largest absolute Gasteiger partial charge is 0.490 e. The van der Waals surface area contributed by atoms with Crippen LogP contribution < -0.4 is 14.8 Å². The van der Waals surface area contributed by atoms with Gasteiger partial charge in [-0.15, -0.1) is 11.3 Å². The molecule has 0 saturated carbocycles. The molecule has 6 heteroatoms. The van der Waals surface area contributed by atoms with Gasteiger partial charge in [0, 0.05) is 23.6 Å². The zero-order chi connectivity index (χ0) is 12.4. The van der Waals surface area contributed by atoms with Crippen molar-refractivity contribution in [3.8, 4) is 11.5 Å². The lowest BCUT2D eigenvalue weighted by Crippen LogP contribution is -1.97. The minimum absolute atomic E-state index is 0.694. The topological polar surface area (TPSA) is 43.4 Å². The highest BCUT2D eigenvalue weighted by Gasteiger charge is 2.11. The van der Waals surface area contributed by atoms with Gasteiger partial charge < -0.3 is 14.8 Å². The fraction of sp³-hybridized carbons (Fsp3) is 0.250. The van der Waals surface area contributed by atoms with Crippen molar-refractivity contribution in [2.45, 2.75) is 6.42 Å². The van der Waals surface area contributed by atoms with E-state index in [0.29, 0.717) is 13.2 Å². The second-order valence-electron chi connectivity index (χ2n) is 3.81. The highest BCUT2D eigenvalue weighted by atomic mass is 79.9. The Hall–Kier alpha value is -1.27. The molecule has 1 N–H and O–H groups in total. The van der Waals surface area contributed by atoms with Crippen LogP contribution in [-0.4, -0.2) is 18.2 Å². The van der Waals surface area contributed by atoms with E-state index >= 15 is 0 Å². The number of aromatic nitrogens is 1. The SMILES string of the molecule is Brc1csc(Nc2ccc3c(c2)OCCCO3)n1. The first-order valence-corrected chi connectivity index (χ1v) is 7.26. The van der Waals surface area contributed by atoms with Crippen LogP contribution in [0, 0.1) is 0 Å². The van der Waals surface area contributed by atoms with Crippen LogP contribution in [0.1, 0.15) is 6.42 Å². The van der Waals surface area contributed by atoms with Crippen LogP contribution in [0.3, 0.4) is 0 Å². The maximum Gasteiger partial charge on any atom is 0.188 e. The smallest absolute Gasteiger partial charge is 0.188 e. The molecule has 2 heterocycles. The van der Waals surface area contributed by atoms with Gasteiger partial charge in [0.05, 0.1) is 13.2 Å².